The average molecular weight is 372 g/mol. The highest BCUT2D eigenvalue weighted by atomic mass is 32.2. The molecule has 0 saturated carbocycles. The Labute approximate surface area is 156 Å². The van der Waals surface area contributed by atoms with E-state index < -0.39 is 11.4 Å². The van der Waals surface area contributed by atoms with Crippen molar-refractivity contribution in [3.63, 3.8) is 0 Å². The van der Waals surface area contributed by atoms with E-state index in [0.29, 0.717) is 17.9 Å². The summed E-state index contributed by atoms with van der Waals surface area (Å²) in [5.41, 5.74) is 2.57. The molecule has 0 bridgehead atoms. The predicted molar refractivity (Wildman–Crippen MR) is 105 cm³/mol. The van der Waals surface area contributed by atoms with Crippen molar-refractivity contribution in [2.45, 2.75) is 38.0 Å². The van der Waals surface area contributed by atoms with Gasteiger partial charge in [-0.1, -0.05) is 11.2 Å². The van der Waals surface area contributed by atoms with E-state index in [1.54, 1.807) is 10.8 Å². The van der Waals surface area contributed by atoms with Crippen molar-refractivity contribution in [1.29, 1.82) is 0 Å². The highest BCUT2D eigenvalue weighted by Gasteiger charge is 2.30. The van der Waals surface area contributed by atoms with Crippen LogP contribution in [0.3, 0.4) is 0 Å². The molecule has 0 saturated heterocycles. The Morgan fingerprint density at radius 1 is 1.38 bits per heavy atom. The number of aryl methyl sites for hydroxylation is 1. The van der Waals surface area contributed by atoms with Crippen LogP contribution in [0.4, 0.5) is 0 Å². The Morgan fingerprint density at radius 3 is 2.85 bits per heavy atom. The van der Waals surface area contributed by atoms with Crippen LogP contribution in [0.25, 0.3) is 22.2 Å². The van der Waals surface area contributed by atoms with Crippen LogP contribution in [-0.4, -0.2) is 24.2 Å². The van der Waals surface area contributed by atoms with Crippen LogP contribution in [0.15, 0.2) is 47.6 Å². The molecule has 6 nitrogen and oxygen atoms in total. The number of benzene rings is 1. The average Bonchev–Trinajstić information content (AvgIpc) is 3.18. The zero-order valence-corrected chi connectivity index (χ0v) is 16.3. The Kier molecular flexibility index (Phi) is 5.22. The fourth-order valence-electron chi connectivity index (χ4n) is 2.59. The molecule has 0 fully saturated rings. The minimum Gasteiger partial charge on any atom is -0.598 e. The molecule has 2 aromatic heterocycles. The summed E-state index contributed by atoms with van der Waals surface area (Å²) in [7, 11) is 1.90. The monoisotopic (exact) mass is 372 g/mol. The van der Waals surface area contributed by atoms with Gasteiger partial charge in [0.1, 0.15) is 16.5 Å². The largest absolute Gasteiger partial charge is 0.598 e. The maximum Gasteiger partial charge on any atom is 0.167 e. The number of fused-ring (bicyclic) bond motifs is 1. The molecule has 3 rings (SSSR count). The second-order valence-corrected chi connectivity index (χ2v) is 9.27. The van der Waals surface area contributed by atoms with Crippen molar-refractivity contribution in [3.8, 4) is 11.3 Å². The van der Waals surface area contributed by atoms with E-state index >= 15 is 0 Å². The number of nitrogens with one attached hydrogen (secondary N) is 1. The fraction of sp³-hybridized carbons (Fsp3) is 0.368. The number of hydrogen-bond acceptors (Lipinski definition) is 5. The summed E-state index contributed by atoms with van der Waals surface area (Å²) in [4.78, 5) is 0. The van der Waals surface area contributed by atoms with Crippen LogP contribution in [0.5, 0.6) is 0 Å². The summed E-state index contributed by atoms with van der Waals surface area (Å²) in [6, 6.07) is 7.62. The van der Waals surface area contributed by atoms with Crippen LogP contribution >= 0.6 is 0 Å². The zero-order valence-electron chi connectivity index (χ0n) is 15.5. The molecular weight excluding hydrogens is 348 g/mol. The summed E-state index contributed by atoms with van der Waals surface area (Å²) in [6.45, 7) is 9.58. The summed E-state index contributed by atoms with van der Waals surface area (Å²) in [5, 5.41) is 9.61. The molecule has 0 radical (unpaired) electrons. The number of hydrogen-bond donors (Lipinski definition) is 1. The van der Waals surface area contributed by atoms with Gasteiger partial charge in [-0.3, -0.25) is 4.68 Å². The van der Waals surface area contributed by atoms with Gasteiger partial charge >= 0.3 is 0 Å². The molecule has 1 aromatic carbocycles. The molecule has 1 N–H and O–H groups in total. The van der Waals surface area contributed by atoms with Gasteiger partial charge in [-0.25, -0.2) is 0 Å². The molecule has 0 aliphatic heterocycles. The quantitative estimate of drug-likeness (QED) is 0.524. The minimum absolute atomic E-state index is 0.216. The van der Waals surface area contributed by atoms with Crippen molar-refractivity contribution in [2.75, 3.05) is 0 Å². The molecule has 138 valence electrons. The van der Waals surface area contributed by atoms with Gasteiger partial charge in [0, 0.05) is 41.6 Å². The molecule has 26 heavy (non-hydrogen) atoms. The lowest BCUT2D eigenvalue weighted by Crippen LogP contribution is -2.41. The van der Waals surface area contributed by atoms with Crippen LogP contribution in [0.1, 0.15) is 38.9 Å². The molecule has 7 heteroatoms. The maximum absolute atomic E-state index is 12.4. The highest BCUT2D eigenvalue weighted by molar-refractivity contribution is 7.90. The Balaban J connectivity index is 1.86. The van der Waals surface area contributed by atoms with Crippen molar-refractivity contribution in [1.82, 2.24) is 19.7 Å². The third kappa shape index (κ3) is 4.00. The van der Waals surface area contributed by atoms with Gasteiger partial charge < -0.3 is 9.08 Å². The van der Waals surface area contributed by atoms with E-state index in [4.69, 9.17) is 4.52 Å². The summed E-state index contributed by atoms with van der Waals surface area (Å²) < 4.78 is 22.6. The molecule has 0 amide bonds. The van der Waals surface area contributed by atoms with E-state index in [2.05, 4.69) is 21.6 Å². The van der Waals surface area contributed by atoms with Crippen LogP contribution < -0.4 is 4.72 Å². The fourth-order valence-corrected chi connectivity index (χ4v) is 3.42. The molecule has 2 atom stereocenters. The summed E-state index contributed by atoms with van der Waals surface area (Å²) in [6.07, 6.45) is 4.35. The van der Waals surface area contributed by atoms with Gasteiger partial charge in [0.2, 0.25) is 0 Å². The third-order valence-corrected chi connectivity index (χ3v) is 5.61. The van der Waals surface area contributed by atoms with E-state index in [9.17, 15) is 4.55 Å². The second-order valence-electron chi connectivity index (χ2n) is 7.27. The highest BCUT2D eigenvalue weighted by Crippen LogP contribution is 2.28. The van der Waals surface area contributed by atoms with Gasteiger partial charge in [0.15, 0.2) is 5.76 Å². The number of aromatic nitrogens is 3. The van der Waals surface area contributed by atoms with Crippen LogP contribution in [0.2, 0.25) is 0 Å². The zero-order chi connectivity index (χ0) is 18.9. The van der Waals surface area contributed by atoms with Crippen molar-refractivity contribution >= 4 is 22.3 Å². The Bertz CT molecular complexity index is 910. The molecular formula is C19H24N4O2S. The van der Waals surface area contributed by atoms with Gasteiger partial charge in [-0.15, -0.1) is 11.3 Å². The maximum atomic E-state index is 12.4. The van der Waals surface area contributed by atoms with E-state index in [1.165, 1.54) is 0 Å². The number of nitrogens with zero attached hydrogens (tertiary/aromatic N) is 3. The van der Waals surface area contributed by atoms with E-state index in [-0.39, 0.29) is 10.8 Å². The minimum atomic E-state index is -1.21. The van der Waals surface area contributed by atoms with Gasteiger partial charge in [-0.2, -0.15) is 5.10 Å². The lowest BCUT2D eigenvalue weighted by Gasteiger charge is -2.26. The molecule has 0 spiro atoms. The lowest BCUT2D eigenvalue weighted by molar-refractivity contribution is 0.412. The van der Waals surface area contributed by atoms with Crippen molar-refractivity contribution in [2.24, 2.45) is 7.05 Å². The van der Waals surface area contributed by atoms with E-state index in [0.717, 1.165) is 16.5 Å². The third-order valence-electron chi connectivity index (χ3n) is 4.00. The molecule has 1 unspecified atom stereocenters. The molecule has 0 aliphatic carbocycles. The van der Waals surface area contributed by atoms with Crippen molar-refractivity contribution in [3.05, 3.63) is 48.8 Å². The van der Waals surface area contributed by atoms with Crippen LogP contribution in [-0.2, 0) is 18.4 Å². The SMILES string of the molecule is C=CC[C@H](N[S+]([O-])C(C)(C)C)c1cc(-c2ccc3nn(C)cc3c2)on1. The molecule has 3 aromatic rings. The van der Waals surface area contributed by atoms with Crippen LogP contribution in [0, 0.1) is 0 Å². The number of rotatable bonds is 6. The smallest absolute Gasteiger partial charge is 0.167 e. The van der Waals surface area contributed by atoms with E-state index in [1.807, 2.05) is 58.3 Å². The molecule has 2 heterocycles. The Morgan fingerprint density at radius 2 is 2.15 bits per heavy atom. The lowest BCUT2D eigenvalue weighted by atomic mass is 10.1. The first kappa shape index (κ1) is 18.7. The first-order valence-corrected chi connectivity index (χ1v) is 9.62. The van der Waals surface area contributed by atoms with Crippen molar-refractivity contribution < 1.29 is 9.08 Å². The second kappa shape index (κ2) is 7.26. The normalized spacial score (nSPS) is 14.5. The standard InChI is InChI=1S/C19H24N4O2S/c1-6-7-16(22-26(24)19(2,3)4)17-11-18(25-21-17)13-8-9-15-14(10-13)12-23(5)20-15/h6,8-12,16,22H,1,7H2,2-5H3/t16-,26?/m0/s1. The topological polar surface area (TPSA) is 78.9 Å². The molecule has 0 aliphatic rings. The summed E-state index contributed by atoms with van der Waals surface area (Å²) >= 11 is -1.21. The first-order chi connectivity index (χ1) is 12.3. The Hall–Kier alpha value is -2.09. The van der Waals surface area contributed by atoms with Gasteiger partial charge in [0.05, 0.1) is 5.52 Å². The first-order valence-electron chi connectivity index (χ1n) is 8.47. The van der Waals surface area contributed by atoms with Gasteiger partial charge in [0.25, 0.3) is 0 Å². The predicted octanol–water partition coefficient (Wildman–Crippen LogP) is 3.90. The van der Waals surface area contributed by atoms with Gasteiger partial charge in [-0.05, 0) is 45.4 Å². The summed E-state index contributed by atoms with van der Waals surface area (Å²) in [5.74, 6) is 0.670.